The minimum Gasteiger partial charge on any atom is -0.455 e. The summed E-state index contributed by atoms with van der Waals surface area (Å²) in [4.78, 5) is 2.43. The van der Waals surface area contributed by atoms with Crippen molar-refractivity contribution in [3.63, 3.8) is 0 Å². The molecule has 1 aliphatic carbocycles. The van der Waals surface area contributed by atoms with Gasteiger partial charge in [0.2, 0.25) is 0 Å². The van der Waals surface area contributed by atoms with Crippen molar-refractivity contribution in [1.82, 2.24) is 4.57 Å². The van der Waals surface area contributed by atoms with Gasteiger partial charge < -0.3 is 13.9 Å². The summed E-state index contributed by atoms with van der Waals surface area (Å²) >= 11 is 0. The van der Waals surface area contributed by atoms with Gasteiger partial charge in [-0.15, -0.1) is 0 Å². The van der Waals surface area contributed by atoms with Crippen LogP contribution in [-0.2, 0) is 5.41 Å². The molecule has 302 valence electrons. The number of aromatic nitrogens is 1. The van der Waals surface area contributed by atoms with Crippen LogP contribution in [0.5, 0.6) is 0 Å². The average Bonchev–Trinajstić information content (AvgIpc) is 3.97. The predicted molar refractivity (Wildman–Crippen MR) is 269 cm³/mol. The Labute approximate surface area is 371 Å². The molecule has 10 aromatic carbocycles. The van der Waals surface area contributed by atoms with Crippen LogP contribution < -0.4 is 4.90 Å². The number of rotatable bonds is 6. The predicted octanol–water partition coefficient (Wildman–Crippen LogP) is 16.9. The fourth-order valence-electron chi connectivity index (χ4n) is 10.7. The molecule has 3 heteroatoms. The molecular weight excluding hydrogens is 777 g/mol. The Morgan fingerprint density at radius 3 is 1.81 bits per heavy atom. The molecule has 2 heterocycles. The van der Waals surface area contributed by atoms with E-state index in [2.05, 4.69) is 242 Å². The molecule has 0 amide bonds. The molecule has 1 aliphatic rings. The lowest BCUT2D eigenvalue weighted by atomic mass is 9.81. The number of furan rings is 1. The van der Waals surface area contributed by atoms with Crippen LogP contribution >= 0.6 is 0 Å². The Hall–Kier alpha value is -8.14. The van der Waals surface area contributed by atoms with E-state index >= 15 is 0 Å². The van der Waals surface area contributed by atoms with Gasteiger partial charge in [0, 0.05) is 54.8 Å². The van der Waals surface area contributed by atoms with E-state index in [1.165, 1.54) is 66.0 Å². The second-order valence-electron chi connectivity index (χ2n) is 17.7. The van der Waals surface area contributed by atoms with Gasteiger partial charge in [-0.05, 0) is 99.4 Å². The maximum Gasteiger partial charge on any atom is 0.143 e. The molecule has 0 aliphatic heterocycles. The maximum absolute atomic E-state index is 6.91. The Balaban J connectivity index is 1.03. The van der Waals surface area contributed by atoms with Crippen molar-refractivity contribution >= 4 is 71.6 Å². The van der Waals surface area contributed by atoms with E-state index in [1.54, 1.807) is 0 Å². The summed E-state index contributed by atoms with van der Waals surface area (Å²) in [5, 5.41) is 6.99. The first-order chi connectivity index (χ1) is 31.5. The zero-order chi connectivity index (χ0) is 42.5. The number of hydrogen-bond donors (Lipinski definition) is 0. The molecule has 0 radical (unpaired) electrons. The first-order valence-corrected chi connectivity index (χ1v) is 22.2. The second kappa shape index (κ2) is 13.9. The van der Waals surface area contributed by atoms with Crippen LogP contribution in [0.15, 0.2) is 223 Å². The summed E-state index contributed by atoms with van der Waals surface area (Å²) < 4.78 is 9.32. The largest absolute Gasteiger partial charge is 0.455 e. The van der Waals surface area contributed by atoms with Crippen LogP contribution in [0.2, 0.25) is 0 Å². The normalized spacial score (nSPS) is 13.0. The summed E-state index contributed by atoms with van der Waals surface area (Å²) in [5.74, 6) is 0. The molecule has 13 rings (SSSR count). The summed E-state index contributed by atoms with van der Waals surface area (Å²) in [5.41, 5.74) is 18.3. The third kappa shape index (κ3) is 5.41. The van der Waals surface area contributed by atoms with Gasteiger partial charge in [-0.2, -0.15) is 0 Å². The monoisotopic (exact) mass is 818 g/mol. The maximum atomic E-state index is 6.91. The van der Waals surface area contributed by atoms with E-state index in [0.717, 1.165) is 55.8 Å². The van der Waals surface area contributed by atoms with E-state index < -0.39 is 0 Å². The van der Waals surface area contributed by atoms with Crippen molar-refractivity contribution < 1.29 is 4.42 Å². The highest BCUT2D eigenvalue weighted by Crippen LogP contribution is 2.50. The number of anilines is 3. The molecule has 0 saturated carbocycles. The van der Waals surface area contributed by atoms with Gasteiger partial charge in [0.05, 0.1) is 22.4 Å². The SMILES string of the molecule is CC1(C)c2ccccc2-c2ccc(-c3ccc(N(c4cc(-c5ccccc5-n5c6ccccc6c6ccccc65)c5oc6ccccc6c5c4)c4cccc5ccccc45)cc3)cc21. The highest BCUT2D eigenvalue weighted by atomic mass is 16.3. The molecular formula is C61H42N2O. The molecule has 0 unspecified atom stereocenters. The van der Waals surface area contributed by atoms with Crippen molar-refractivity contribution in [3.05, 3.63) is 230 Å². The number of nitrogens with zero attached hydrogens (tertiary/aromatic N) is 2. The molecule has 12 aromatic rings. The van der Waals surface area contributed by atoms with Crippen molar-refractivity contribution in [1.29, 1.82) is 0 Å². The van der Waals surface area contributed by atoms with Crippen molar-refractivity contribution in [2.75, 3.05) is 4.90 Å². The highest BCUT2D eigenvalue weighted by Gasteiger charge is 2.35. The van der Waals surface area contributed by atoms with Crippen LogP contribution in [0.4, 0.5) is 17.1 Å². The van der Waals surface area contributed by atoms with E-state index in [4.69, 9.17) is 4.42 Å². The van der Waals surface area contributed by atoms with Gasteiger partial charge in [-0.25, -0.2) is 0 Å². The average molecular weight is 819 g/mol. The van der Waals surface area contributed by atoms with Crippen molar-refractivity contribution in [3.8, 4) is 39.1 Å². The van der Waals surface area contributed by atoms with Crippen LogP contribution in [0.3, 0.4) is 0 Å². The van der Waals surface area contributed by atoms with Gasteiger partial charge in [0.15, 0.2) is 0 Å². The highest BCUT2D eigenvalue weighted by molar-refractivity contribution is 6.14. The van der Waals surface area contributed by atoms with Gasteiger partial charge in [0.25, 0.3) is 0 Å². The van der Waals surface area contributed by atoms with Crippen LogP contribution in [0, 0.1) is 0 Å². The number of hydrogen-bond acceptors (Lipinski definition) is 2. The summed E-state index contributed by atoms with van der Waals surface area (Å²) in [6.45, 7) is 4.70. The molecule has 3 nitrogen and oxygen atoms in total. The third-order valence-corrected chi connectivity index (χ3v) is 13.8. The summed E-state index contributed by atoms with van der Waals surface area (Å²) in [7, 11) is 0. The first kappa shape index (κ1) is 36.5. The molecule has 0 atom stereocenters. The van der Waals surface area contributed by atoms with Crippen LogP contribution in [0.1, 0.15) is 25.0 Å². The molecule has 0 bridgehead atoms. The molecule has 64 heavy (non-hydrogen) atoms. The Bertz CT molecular complexity index is 3770. The van der Waals surface area contributed by atoms with Crippen molar-refractivity contribution in [2.45, 2.75) is 19.3 Å². The number of para-hydroxylation sites is 4. The van der Waals surface area contributed by atoms with E-state index in [-0.39, 0.29) is 5.41 Å². The lowest BCUT2D eigenvalue weighted by Gasteiger charge is -2.28. The fourth-order valence-corrected chi connectivity index (χ4v) is 10.7. The Kier molecular flexibility index (Phi) is 7.95. The molecule has 0 fully saturated rings. The summed E-state index contributed by atoms with van der Waals surface area (Å²) in [6.07, 6.45) is 0. The van der Waals surface area contributed by atoms with Crippen molar-refractivity contribution in [2.24, 2.45) is 0 Å². The Morgan fingerprint density at radius 2 is 1.02 bits per heavy atom. The van der Waals surface area contributed by atoms with E-state index in [1.807, 2.05) is 0 Å². The second-order valence-corrected chi connectivity index (χ2v) is 17.7. The zero-order valence-electron chi connectivity index (χ0n) is 35.6. The van der Waals surface area contributed by atoms with Gasteiger partial charge in [-0.3, -0.25) is 0 Å². The molecule has 0 saturated heterocycles. The lowest BCUT2D eigenvalue weighted by molar-refractivity contribution is 0.660. The molecule has 2 aromatic heterocycles. The van der Waals surface area contributed by atoms with Crippen LogP contribution in [-0.4, -0.2) is 4.57 Å². The lowest BCUT2D eigenvalue weighted by Crippen LogP contribution is -2.14. The van der Waals surface area contributed by atoms with Crippen LogP contribution in [0.25, 0.3) is 93.6 Å². The van der Waals surface area contributed by atoms with Gasteiger partial charge in [-0.1, -0.05) is 172 Å². The topological polar surface area (TPSA) is 21.3 Å². The standard InChI is InChI=1S/C61H42N2O/c1-61(2)53-24-10-5-19-45(53)46-35-32-41(36-54(46)61)39-30-33-42(34-31-39)62(55-28-15-17-40-16-3-4-18-44(40)55)43-37-51(60-52(38-43)50-23-9-14-29-59(50)64-60)49-22-8-13-27-58(49)63-56-25-11-6-20-47(56)48-21-7-12-26-57(48)63/h3-38H,1-2H3. The van der Waals surface area contributed by atoms with E-state index in [9.17, 15) is 0 Å². The minimum absolute atomic E-state index is 0.0686. The summed E-state index contributed by atoms with van der Waals surface area (Å²) in [6, 6.07) is 79.7. The van der Waals surface area contributed by atoms with Gasteiger partial charge in [0.1, 0.15) is 11.2 Å². The smallest absolute Gasteiger partial charge is 0.143 e. The van der Waals surface area contributed by atoms with Gasteiger partial charge >= 0.3 is 0 Å². The molecule has 0 N–H and O–H groups in total. The fraction of sp³-hybridized carbons (Fsp3) is 0.0492. The number of benzene rings is 10. The number of fused-ring (bicyclic) bond motifs is 10. The zero-order valence-corrected chi connectivity index (χ0v) is 35.6. The Morgan fingerprint density at radius 1 is 0.406 bits per heavy atom. The quantitative estimate of drug-likeness (QED) is 0.167. The third-order valence-electron chi connectivity index (χ3n) is 13.8. The first-order valence-electron chi connectivity index (χ1n) is 22.2. The minimum atomic E-state index is -0.0686. The van der Waals surface area contributed by atoms with E-state index in [0.29, 0.717) is 0 Å². The molecule has 0 spiro atoms.